The average molecular weight is 205 g/mol. The van der Waals surface area contributed by atoms with Gasteiger partial charge in [-0.2, -0.15) is 0 Å². The third-order valence-electron chi connectivity index (χ3n) is 0. The molecule has 0 aliphatic rings. The summed E-state index contributed by atoms with van der Waals surface area (Å²) in [5.41, 5.74) is 0. The van der Waals surface area contributed by atoms with Crippen molar-refractivity contribution < 1.29 is 143 Å². The van der Waals surface area contributed by atoms with E-state index in [-0.39, 0.29) is 124 Å². The molecule has 0 saturated carbocycles. The first-order valence-electron chi connectivity index (χ1n) is 0.748. The fourth-order valence-electron chi connectivity index (χ4n) is 0. The predicted molar refractivity (Wildman–Crippen MR) is 11.8 cm³/mol. The van der Waals surface area contributed by atoms with E-state index >= 15 is 0 Å². The molecule has 10 heteroatoms. The minimum Gasteiger partial charge on any atom is -0.870 e. The SMILES string of the molecule is O=P([O-])([O-])O.[Na+].[Na+].[Na+].[Na+].[OH-]. The molecule has 10 heavy (non-hydrogen) atoms. The monoisotopic (exact) mass is 205 g/mol. The Kier molecular flexibility index (Phi) is 69.3. The van der Waals surface area contributed by atoms with Crippen LogP contribution in [0.5, 0.6) is 0 Å². The molecule has 0 amide bonds. The Hall–Kier alpha value is 4.07. The van der Waals surface area contributed by atoms with Gasteiger partial charge in [-0.3, -0.25) is 0 Å². The van der Waals surface area contributed by atoms with E-state index in [2.05, 4.69) is 0 Å². The van der Waals surface area contributed by atoms with E-state index in [4.69, 9.17) is 19.2 Å². The fraction of sp³-hybridized carbons (Fsp3) is 0. The molecule has 5 nitrogen and oxygen atoms in total. The quantitative estimate of drug-likeness (QED) is 0.311. The summed E-state index contributed by atoms with van der Waals surface area (Å²) in [5, 5.41) is 0. The maximum Gasteiger partial charge on any atom is 1.00 e. The first-order chi connectivity index (χ1) is 2.00. The summed E-state index contributed by atoms with van der Waals surface area (Å²) in [4.78, 5) is 24.3. The summed E-state index contributed by atoms with van der Waals surface area (Å²) in [6, 6.07) is 0. The summed E-state index contributed by atoms with van der Waals surface area (Å²) in [7, 11) is -5.14. The van der Waals surface area contributed by atoms with Crippen LogP contribution in [0, 0.1) is 0 Å². The molecule has 0 aromatic rings. The van der Waals surface area contributed by atoms with Gasteiger partial charge in [-0.1, -0.05) is 0 Å². The number of hydrogen-bond acceptors (Lipinski definition) is 4. The summed E-state index contributed by atoms with van der Waals surface area (Å²) in [6.07, 6.45) is 0. The van der Waals surface area contributed by atoms with Gasteiger partial charge in [0.05, 0.1) is 7.82 Å². The zero-order valence-corrected chi connectivity index (χ0v) is 15.5. The topological polar surface area (TPSA) is 113 Å². The van der Waals surface area contributed by atoms with E-state index in [0.717, 1.165) is 0 Å². The number of rotatable bonds is 0. The molecule has 0 aromatic carbocycles. The van der Waals surface area contributed by atoms with Gasteiger partial charge in [0.25, 0.3) is 0 Å². The van der Waals surface area contributed by atoms with Gasteiger partial charge in [0, 0.05) is 0 Å². The summed E-state index contributed by atoms with van der Waals surface area (Å²) >= 11 is 0. The zero-order valence-electron chi connectivity index (χ0n) is 6.57. The van der Waals surface area contributed by atoms with Crippen LogP contribution >= 0.6 is 7.82 Å². The molecule has 0 radical (unpaired) electrons. The third-order valence-corrected chi connectivity index (χ3v) is 0. The normalized spacial score (nSPS) is 5.90. The molecule has 0 bridgehead atoms. The number of hydrogen-bond donors (Lipinski definition) is 1. The molecule has 0 aliphatic heterocycles. The molecular weight excluding hydrogens is 203 g/mol. The first kappa shape index (κ1) is 36.9. The molecular formula is H2Na4O5P+. The van der Waals surface area contributed by atoms with Gasteiger partial charge in [-0.25, -0.2) is 0 Å². The Morgan fingerprint density at radius 2 is 1.00 bits per heavy atom. The Labute approximate surface area is 147 Å². The summed E-state index contributed by atoms with van der Waals surface area (Å²) < 4.78 is 8.66. The molecule has 0 fully saturated rings. The Morgan fingerprint density at radius 3 is 1.00 bits per heavy atom. The Balaban J connectivity index is -0.00000000800. The molecule has 0 aliphatic carbocycles. The van der Waals surface area contributed by atoms with Crippen LogP contribution in [-0.4, -0.2) is 10.4 Å². The zero-order chi connectivity index (χ0) is 4.50. The largest absolute Gasteiger partial charge is 1.00 e. The van der Waals surface area contributed by atoms with Crippen LogP contribution in [0.3, 0.4) is 0 Å². The second-order valence-corrected chi connectivity index (χ2v) is 1.41. The van der Waals surface area contributed by atoms with Crippen molar-refractivity contribution in [2.24, 2.45) is 0 Å². The maximum atomic E-state index is 8.66. The minimum atomic E-state index is -5.14. The third kappa shape index (κ3) is 89.3. The van der Waals surface area contributed by atoms with Gasteiger partial charge in [0.2, 0.25) is 0 Å². The van der Waals surface area contributed by atoms with Crippen LogP contribution in [0.25, 0.3) is 0 Å². The summed E-state index contributed by atoms with van der Waals surface area (Å²) in [5.74, 6) is 0. The Morgan fingerprint density at radius 1 is 1.00 bits per heavy atom. The molecule has 0 unspecified atom stereocenters. The van der Waals surface area contributed by atoms with Crippen molar-refractivity contribution in [3.05, 3.63) is 0 Å². The van der Waals surface area contributed by atoms with E-state index in [1.165, 1.54) is 0 Å². The standard InChI is InChI=1S/4Na.H3O4P.H2O/c;;;;1-5(2,3)4;/h;;;;(H3,1,2,3,4);1H2/q4*+1;;/p-3. The van der Waals surface area contributed by atoms with Gasteiger partial charge in [0.15, 0.2) is 0 Å². The van der Waals surface area contributed by atoms with E-state index < -0.39 is 7.82 Å². The predicted octanol–water partition coefficient (Wildman–Crippen LogP) is -14.4. The van der Waals surface area contributed by atoms with Crippen molar-refractivity contribution >= 4 is 7.82 Å². The van der Waals surface area contributed by atoms with Crippen molar-refractivity contribution in [2.45, 2.75) is 0 Å². The van der Waals surface area contributed by atoms with Crippen LogP contribution in [-0.2, 0) is 4.57 Å². The van der Waals surface area contributed by atoms with Crippen LogP contribution < -0.4 is 128 Å². The second-order valence-electron chi connectivity index (χ2n) is 0.469. The van der Waals surface area contributed by atoms with Crippen LogP contribution in [0.4, 0.5) is 0 Å². The van der Waals surface area contributed by atoms with Crippen molar-refractivity contribution in [2.75, 3.05) is 0 Å². The molecule has 0 aromatic heterocycles. The molecule has 40 valence electrons. The maximum absolute atomic E-state index is 8.66. The van der Waals surface area contributed by atoms with Gasteiger partial charge in [-0.15, -0.1) is 0 Å². The molecule has 2 N–H and O–H groups in total. The first-order valence-corrected chi connectivity index (χ1v) is 2.24. The van der Waals surface area contributed by atoms with E-state index in [1.807, 2.05) is 0 Å². The number of phosphoric acid groups is 1. The van der Waals surface area contributed by atoms with Crippen molar-refractivity contribution in [3.63, 3.8) is 0 Å². The van der Waals surface area contributed by atoms with Crippen molar-refractivity contribution in [1.29, 1.82) is 0 Å². The molecule has 0 atom stereocenters. The van der Waals surface area contributed by atoms with Gasteiger partial charge in [0.1, 0.15) is 0 Å². The van der Waals surface area contributed by atoms with Gasteiger partial charge in [-0.05, 0) is 0 Å². The van der Waals surface area contributed by atoms with Gasteiger partial charge >= 0.3 is 118 Å². The summed E-state index contributed by atoms with van der Waals surface area (Å²) in [6.45, 7) is 0. The van der Waals surface area contributed by atoms with Gasteiger partial charge < -0.3 is 24.7 Å². The van der Waals surface area contributed by atoms with Crippen LogP contribution in [0.2, 0.25) is 0 Å². The molecule has 0 spiro atoms. The van der Waals surface area contributed by atoms with Crippen molar-refractivity contribution in [1.82, 2.24) is 0 Å². The van der Waals surface area contributed by atoms with E-state index in [1.54, 1.807) is 0 Å². The van der Waals surface area contributed by atoms with E-state index in [0.29, 0.717) is 0 Å². The molecule has 0 saturated heterocycles. The van der Waals surface area contributed by atoms with Crippen LogP contribution in [0.1, 0.15) is 0 Å². The van der Waals surface area contributed by atoms with Crippen LogP contribution in [0.15, 0.2) is 0 Å². The van der Waals surface area contributed by atoms with E-state index in [9.17, 15) is 0 Å². The second kappa shape index (κ2) is 18.8. The van der Waals surface area contributed by atoms with Crippen molar-refractivity contribution in [3.8, 4) is 0 Å². The average Bonchev–Trinajstić information content (AvgIpc) is 0.722. The molecule has 0 heterocycles. The Bertz CT molecular complexity index is 59.8. The minimum absolute atomic E-state index is 0. The fourth-order valence-corrected chi connectivity index (χ4v) is 0. The smallest absolute Gasteiger partial charge is 0.870 e. The molecule has 0 rings (SSSR count).